The van der Waals surface area contributed by atoms with Crippen LogP contribution in [0.15, 0.2) is 47.4 Å². The highest BCUT2D eigenvalue weighted by Gasteiger charge is 2.52. The van der Waals surface area contributed by atoms with E-state index in [0.29, 0.717) is 25.7 Å². The third-order valence-corrected chi connectivity index (χ3v) is 7.99. The molecule has 1 aliphatic rings. The molecule has 0 radical (unpaired) electrons. The number of hydrogen-bond donors (Lipinski definition) is 1. The number of nitrogens with one attached hydrogen (secondary N) is 1. The van der Waals surface area contributed by atoms with Crippen molar-refractivity contribution < 1.29 is 17.6 Å². The van der Waals surface area contributed by atoms with Gasteiger partial charge in [-0.3, -0.25) is 4.79 Å². The van der Waals surface area contributed by atoms with E-state index in [1.807, 2.05) is 13.8 Å². The van der Waals surface area contributed by atoms with Gasteiger partial charge in [-0.1, -0.05) is 31.0 Å². The molecule has 1 N–H and O–H groups in total. The molecule has 0 saturated heterocycles. The van der Waals surface area contributed by atoms with Crippen molar-refractivity contribution in [3.63, 3.8) is 0 Å². The molecule has 1 aliphatic carbocycles. The Balaban J connectivity index is 1.88. The molecule has 6 heteroatoms. The number of amides is 1. The van der Waals surface area contributed by atoms with Gasteiger partial charge in [0.15, 0.2) is 14.6 Å². The number of carbonyl (C=O) groups excluding carboxylic acids is 1. The number of benzene rings is 2. The van der Waals surface area contributed by atoms with Crippen molar-refractivity contribution in [2.75, 3.05) is 0 Å². The van der Waals surface area contributed by atoms with E-state index >= 15 is 0 Å². The predicted molar refractivity (Wildman–Crippen MR) is 103 cm³/mol. The molecule has 0 aromatic heterocycles. The van der Waals surface area contributed by atoms with Gasteiger partial charge in [-0.05, 0) is 67.6 Å². The Morgan fingerprint density at radius 1 is 1.04 bits per heavy atom. The molecule has 0 heterocycles. The quantitative estimate of drug-likeness (QED) is 0.845. The normalized spacial score (nSPS) is 16.3. The number of aryl methyl sites for hydroxylation is 2. The van der Waals surface area contributed by atoms with Crippen LogP contribution in [0.5, 0.6) is 0 Å². The average molecular weight is 389 g/mol. The summed E-state index contributed by atoms with van der Waals surface area (Å²) in [5, 5.41) is 2.76. The summed E-state index contributed by atoms with van der Waals surface area (Å²) in [6.45, 7) is 3.96. The van der Waals surface area contributed by atoms with Crippen molar-refractivity contribution in [1.29, 1.82) is 0 Å². The van der Waals surface area contributed by atoms with Gasteiger partial charge >= 0.3 is 0 Å². The number of rotatable bonds is 5. The van der Waals surface area contributed by atoms with E-state index < -0.39 is 20.5 Å². The summed E-state index contributed by atoms with van der Waals surface area (Å²) in [5.74, 6) is -0.822. The highest BCUT2D eigenvalue weighted by atomic mass is 32.2. The summed E-state index contributed by atoms with van der Waals surface area (Å²) in [6.07, 6.45) is 2.04. The van der Waals surface area contributed by atoms with Crippen LogP contribution < -0.4 is 5.32 Å². The summed E-state index contributed by atoms with van der Waals surface area (Å²) in [5.41, 5.74) is 2.62. The van der Waals surface area contributed by atoms with E-state index in [-0.39, 0.29) is 17.3 Å². The Labute approximate surface area is 159 Å². The summed E-state index contributed by atoms with van der Waals surface area (Å²) in [6, 6.07) is 10.8. The maximum absolute atomic E-state index is 13.4. The number of carbonyl (C=O) groups is 1. The third kappa shape index (κ3) is 3.63. The maximum Gasteiger partial charge on any atom is 0.242 e. The van der Waals surface area contributed by atoms with Gasteiger partial charge < -0.3 is 5.32 Å². The van der Waals surface area contributed by atoms with E-state index in [1.54, 1.807) is 30.3 Å². The van der Waals surface area contributed by atoms with Crippen molar-refractivity contribution >= 4 is 15.7 Å². The molecule has 2 aromatic rings. The minimum absolute atomic E-state index is 0.170. The Bertz CT molecular complexity index is 946. The second-order valence-electron chi connectivity index (χ2n) is 7.26. The minimum atomic E-state index is -3.82. The van der Waals surface area contributed by atoms with Crippen LogP contribution >= 0.6 is 0 Å². The van der Waals surface area contributed by atoms with Crippen LogP contribution in [0.3, 0.4) is 0 Å². The molecular formula is C21H24FNO3S. The predicted octanol–water partition coefficient (Wildman–Crippen LogP) is 3.85. The molecule has 4 nitrogen and oxygen atoms in total. The second kappa shape index (κ2) is 7.43. The maximum atomic E-state index is 13.4. The van der Waals surface area contributed by atoms with Gasteiger partial charge in [0.2, 0.25) is 5.91 Å². The Kier molecular flexibility index (Phi) is 5.38. The lowest BCUT2D eigenvalue weighted by atomic mass is 10.1. The van der Waals surface area contributed by atoms with Crippen LogP contribution in [0.4, 0.5) is 4.39 Å². The van der Waals surface area contributed by atoms with Gasteiger partial charge in [0.05, 0.1) is 4.90 Å². The van der Waals surface area contributed by atoms with E-state index in [0.717, 1.165) is 16.7 Å². The largest absolute Gasteiger partial charge is 0.351 e. The van der Waals surface area contributed by atoms with Gasteiger partial charge in [0, 0.05) is 6.54 Å². The topological polar surface area (TPSA) is 63.2 Å². The van der Waals surface area contributed by atoms with Crippen molar-refractivity contribution in [1.82, 2.24) is 5.32 Å². The Morgan fingerprint density at radius 3 is 2.26 bits per heavy atom. The van der Waals surface area contributed by atoms with E-state index in [1.165, 1.54) is 12.1 Å². The lowest BCUT2D eigenvalue weighted by Gasteiger charge is -2.28. The molecule has 2 aromatic carbocycles. The molecule has 0 spiro atoms. The Hall–Kier alpha value is -2.21. The molecule has 0 atom stereocenters. The third-order valence-electron chi connectivity index (χ3n) is 5.49. The van der Waals surface area contributed by atoms with Gasteiger partial charge in [-0.2, -0.15) is 0 Å². The van der Waals surface area contributed by atoms with Crippen LogP contribution in [-0.2, 0) is 21.2 Å². The number of sulfone groups is 1. The van der Waals surface area contributed by atoms with Crippen molar-refractivity contribution in [2.24, 2.45) is 0 Å². The second-order valence-corrected chi connectivity index (χ2v) is 9.52. The molecule has 0 bridgehead atoms. The summed E-state index contributed by atoms with van der Waals surface area (Å²) < 4.78 is 38.4. The summed E-state index contributed by atoms with van der Waals surface area (Å²) in [7, 11) is -3.82. The fraction of sp³-hybridized carbons (Fsp3) is 0.381. The van der Waals surface area contributed by atoms with Gasteiger partial charge in [-0.15, -0.1) is 0 Å². The smallest absolute Gasteiger partial charge is 0.242 e. The number of hydrogen-bond acceptors (Lipinski definition) is 3. The SMILES string of the molecule is Cc1ccc(S(=O)(=O)C2(C(=O)NCc3ccc(F)cc3)CCCC2)cc1C. The van der Waals surface area contributed by atoms with Crippen molar-refractivity contribution in [3.8, 4) is 0 Å². The van der Waals surface area contributed by atoms with Crippen LogP contribution in [0, 0.1) is 19.7 Å². The van der Waals surface area contributed by atoms with Crippen LogP contribution in [0.2, 0.25) is 0 Å². The standard InChI is InChI=1S/C21H24FNO3S/c1-15-5-10-19(13-16(15)2)27(25,26)21(11-3-4-12-21)20(24)23-14-17-6-8-18(22)9-7-17/h5-10,13H,3-4,11-12,14H2,1-2H3,(H,23,24). The van der Waals surface area contributed by atoms with Crippen molar-refractivity contribution in [2.45, 2.75) is 55.7 Å². The molecule has 1 amide bonds. The molecular weight excluding hydrogens is 365 g/mol. The molecule has 144 valence electrons. The molecule has 0 unspecified atom stereocenters. The van der Waals surface area contributed by atoms with Crippen LogP contribution in [0.25, 0.3) is 0 Å². The van der Waals surface area contributed by atoms with Gasteiger partial charge in [0.1, 0.15) is 5.82 Å². The zero-order valence-electron chi connectivity index (χ0n) is 15.6. The zero-order chi connectivity index (χ0) is 19.7. The fourth-order valence-corrected chi connectivity index (χ4v) is 5.79. The average Bonchev–Trinajstić information content (AvgIpc) is 3.15. The zero-order valence-corrected chi connectivity index (χ0v) is 16.4. The first kappa shape index (κ1) is 19.5. The fourth-order valence-electron chi connectivity index (χ4n) is 3.62. The van der Waals surface area contributed by atoms with Crippen LogP contribution in [0.1, 0.15) is 42.4 Å². The molecule has 27 heavy (non-hydrogen) atoms. The molecule has 1 saturated carbocycles. The van der Waals surface area contributed by atoms with E-state index in [9.17, 15) is 17.6 Å². The van der Waals surface area contributed by atoms with Crippen LogP contribution in [-0.4, -0.2) is 19.1 Å². The first-order chi connectivity index (χ1) is 12.8. The minimum Gasteiger partial charge on any atom is -0.351 e. The monoisotopic (exact) mass is 389 g/mol. The van der Waals surface area contributed by atoms with Gasteiger partial charge in [0.25, 0.3) is 0 Å². The van der Waals surface area contributed by atoms with E-state index in [4.69, 9.17) is 0 Å². The first-order valence-corrected chi connectivity index (χ1v) is 10.6. The first-order valence-electron chi connectivity index (χ1n) is 9.11. The van der Waals surface area contributed by atoms with Crippen molar-refractivity contribution in [3.05, 3.63) is 65.0 Å². The van der Waals surface area contributed by atoms with E-state index in [2.05, 4.69) is 5.32 Å². The summed E-state index contributed by atoms with van der Waals surface area (Å²) in [4.78, 5) is 13.2. The highest BCUT2D eigenvalue weighted by molar-refractivity contribution is 7.93. The molecule has 3 rings (SSSR count). The Morgan fingerprint density at radius 2 is 1.67 bits per heavy atom. The highest BCUT2D eigenvalue weighted by Crippen LogP contribution is 2.41. The number of halogens is 1. The summed E-state index contributed by atoms with van der Waals surface area (Å²) >= 11 is 0. The molecule has 0 aliphatic heterocycles. The molecule has 1 fully saturated rings. The lowest BCUT2D eigenvalue weighted by Crippen LogP contribution is -2.50. The lowest BCUT2D eigenvalue weighted by molar-refractivity contribution is -0.123. The van der Waals surface area contributed by atoms with Gasteiger partial charge in [-0.25, -0.2) is 12.8 Å².